The summed E-state index contributed by atoms with van der Waals surface area (Å²) in [5.74, 6) is 0.483. The number of aliphatic hydroxyl groups is 1. The number of hydrogen-bond donors (Lipinski definition) is 1. The number of carbonyl (C=O) groups is 1. The van der Waals surface area contributed by atoms with Crippen LogP contribution in [0.1, 0.15) is 319 Å². The van der Waals surface area contributed by atoms with Gasteiger partial charge in [0, 0.05) is 32.3 Å². The van der Waals surface area contributed by atoms with Gasteiger partial charge in [-0.2, -0.15) is 0 Å². The van der Waals surface area contributed by atoms with Gasteiger partial charge in [0.2, 0.25) is 5.91 Å². The predicted octanol–water partition coefficient (Wildman–Crippen LogP) is 18.2. The van der Waals surface area contributed by atoms with Gasteiger partial charge in [-0.05, 0) is 44.4 Å². The molecule has 2 saturated heterocycles. The molecule has 9 nitrogen and oxygen atoms in total. The minimum Gasteiger partial charge on any atom is -0.389 e. The van der Waals surface area contributed by atoms with Crippen molar-refractivity contribution in [1.29, 1.82) is 0 Å². The van der Waals surface area contributed by atoms with Crippen molar-refractivity contribution in [2.45, 2.75) is 368 Å². The maximum atomic E-state index is 14.7. The normalized spacial score (nSPS) is 22.7. The van der Waals surface area contributed by atoms with E-state index < -0.39 is 36.7 Å². The van der Waals surface area contributed by atoms with E-state index in [0.717, 1.165) is 77.0 Å². The lowest BCUT2D eigenvalue weighted by Gasteiger charge is -2.55. The summed E-state index contributed by atoms with van der Waals surface area (Å²) in [5, 5.41) is 12.0. The molecule has 9 heteroatoms. The average molecular weight is 1060 g/mol. The van der Waals surface area contributed by atoms with Gasteiger partial charge in [0.05, 0.1) is 31.4 Å². The van der Waals surface area contributed by atoms with E-state index in [2.05, 4.69) is 55.4 Å². The second-order valence-corrected chi connectivity index (χ2v) is 24.0. The molecule has 0 spiro atoms. The second-order valence-electron chi connectivity index (χ2n) is 24.0. The fraction of sp³-hybridized carbons (Fsp3) is 0.985. The third kappa shape index (κ3) is 32.3. The molecule has 0 saturated carbocycles. The topological polar surface area (TPSA) is 95.9 Å². The number of unbranched alkanes of at least 4 members (excludes halogenated alkanes) is 32. The SMILES string of the molecule is CCCCCCCCCCCCCCCCCCCCCCCC(C)C(=O)N1C(COC2OC(COCCCC)C(OCCCC)C(OCCCC)C2OCCCC)[C@H](O)[C@@H]1CC(C)CCCCCCCCCCC. The molecule has 0 aliphatic carbocycles. The molecule has 2 rings (SSSR count). The quantitative estimate of drug-likeness (QED) is 0.0602. The Hall–Kier alpha value is -0.810. The van der Waals surface area contributed by atoms with Crippen molar-refractivity contribution in [2.24, 2.45) is 11.8 Å². The highest BCUT2D eigenvalue weighted by Crippen LogP contribution is 2.37. The van der Waals surface area contributed by atoms with Crippen molar-refractivity contribution in [3.63, 3.8) is 0 Å². The summed E-state index contributed by atoms with van der Waals surface area (Å²) in [7, 11) is 0. The van der Waals surface area contributed by atoms with Crippen LogP contribution >= 0.6 is 0 Å². The molecular formula is C66H129NO8. The first kappa shape index (κ1) is 70.3. The number of likely N-dealkylation sites (tertiary alicyclic amines) is 1. The lowest BCUT2D eigenvalue weighted by molar-refractivity contribution is -0.328. The molecule has 0 radical (unpaired) electrons. The summed E-state index contributed by atoms with van der Waals surface area (Å²) in [6.45, 7) is 20.7. The smallest absolute Gasteiger partial charge is 0.226 e. The standard InChI is InChI=1S/C66H129NO8/c1-9-15-21-23-25-27-28-29-30-31-32-33-34-35-36-37-38-40-42-44-46-48-57(8)65(69)67-58(53-56(7)47-45-43-41-39-26-24-22-16-10-2)61(68)59(67)54-74-66-64(73-52-20-14-6)63(72-51-19-13-5)62(71-50-18-12-4)60(75-66)55-70-49-17-11-3/h56-64,66,68H,9-55H2,1-8H3/t56?,57?,58-,59?,60?,61+,62?,63?,64?,66?/m0/s1. The summed E-state index contributed by atoms with van der Waals surface area (Å²) < 4.78 is 40.0. The maximum absolute atomic E-state index is 14.7. The van der Waals surface area contributed by atoms with Crippen LogP contribution in [0.3, 0.4) is 0 Å². The summed E-state index contributed by atoms with van der Waals surface area (Å²) in [4.78, 5) is 16.7. The Morgan fingerprint density at radius 3 is 1.24 bits per heavy atom. The molecular weight excluding hydrogens is 935 g/mol. The fourth-order valence-electron chi connectivity index (χ4n) is 11.5. The molecule has 10 atom stereocenters. The van der Waals surface area contributed by atoms with Crippen LogP contribution in [0.25, 0.3) is 0 Å². The van der Waals surface area contributed by atoms with Crippen LogP contribution in [-0.2, 0) is 33.2 Å². The lowest BCUT2D eigenvalue weighted by Crippen LogP contribution is -2.72. The van der Waals surface area contributed by atoms with E-state index in [9.17, 15) is 9.90 Å². The van der Waals surface area contributed by atoms with Crippen LogP contribution in [0, 0.1) is 11.8 Å². The Morgan fingerprint density at radius 2 is 0.800 bits per heavy atom. The number of hydrogen-bond acceptors (Lipinski definition) is 8. The molecule has 0 aromatic rings. The molecule has 0 aromatic heterocycles. The minimum atomic E-state index is -0.760. The Bertz CT molecular complexity index is 1240. The van der Waals surface area contributed by atoms with Crippen molar-refractivity contribution in [2.75, 3.05) is 39.6 Å². The number of ether oxygens (including phenoxy) is 6. The average Bonchev–Trinajstić information content (AvgIpc) is 3.41. The van der Waals surface area contributed by atoms with E-state index >= 15 is 0 Å². The number of carbonyl (C=O) groups excluding carboxylic acids is 1. The van der Waals surface area contributed by atoms with Crippen molar-refractivity contribution in [3.05, 3.63) is 0 Å². The summed E-state index contributed by atoms with van der Waals surface area (Å²) >= 11 is 0. The third-order valence-electron chi connectivity index (χ3n) is 16.7. The van der Waals surface area contributed by atoms with Crippen LogP contribution < -0.4 is 0 Å². The Morgan fingerprint density at radius 1 is 0.427 bits per heavy atom. The molecule has 75 heavy (non-hydrogen) atoms. The molecule has 2 heterocycles. The number of nitrogens with zero attached hydrogens (tertiary/aromatic N) is 1. The first-order valence-electron chi connectivity index (χ1n) is 33.5. The molecule has 2 fully saturated rings. The van der Waals surface area contributed by atoms with Gasteiger partial charge in [0.25, 0.3) is 0 Å². The van der Waals surface area contributed by atoms with E-state index in [-0.39, 0.29) is 30.6 Å². The third-order valence-corrected chi connectivity index (χ3v) is 16.7. The molecule has 0 bridgehead atoms. The highest BCUT2D eigenvalue weighted by Gasteiger charge is 2.53. The van der Waals surface area contributed by atoms with Crippen LogP contribution in [0.5, 0.6) is 0 Å². The zero-order valence-electron chi connectivity index (χ0n) is 51.3. The van der Waals surface area contributed by atoms with E-state index in [4.69, 9.17) is 28.4 Å². The summed E-state index contributed by atoms with van der Waals surface area (Å²) in [5.41, 5.74) is 0. The van der Waals surface area contributed by atoms with E-state index in [0.29, 0.717) is 39.0 Å². The van der Waals surface area contributed by atoms with E-state index in [1.165, 1.54) is 186 Å². The molecule has 2 aliphatic heterocycles. The molecule has 446 valence electrons. The van der Waals surface area contributed by atoms with Gasteiger partial charge in [-0.25, -0.2) is 0 Å². The van der Waals surface area contributed by atoms with E-state index in [1.54, 1.807) is 0 Å². The van der Waals surface area contributed by atoms with Crippen molar-refractivity contribution < 1.29 is 38.3 Å². The first-order valence-corrected chi connectivity index (χ1v) is 33.5. The Kier molecular flexibility index (Phi) is 46.0. The monoisotopic (exact) mass is 1060 g/mol. The highest BCUT2D eigenvalue weighted by molar-refractivity contribution is 5.80. The van der Waals surface area contributed by atoms with Crippen LogP contribution in [-0.4, -0.2) is 104 Å². The zero-order chi connectivity index (χ0) is 54.4. The second kappa shape index (κ2) is 49.0. The molecule has 0 aromatic carbocycles. The van der Waals surface area contributed by atoms with Gasteiger partial charge in [-0.1, -0.05) is 280 Å². The van der Waals surface area contributed by atoms with Crippen molar-refractivity contribution in [3.8, 4) is 0 Å². The van der Waals surface area contributed by atoms with Gasteiger partial charge in [-0.15, -0.1) is 0 Å². The van der Waals surface area contributed by atoms with Crippen LogP contribution in [0.4, 0.5) is 0 Å². The molecule has 8 unspecified atom stereocenters. The molecule has 1 N–H and O–H groups in total. The largest absolute Gasteiger partial charge is 0.389 e. The van der Waals surface area contributed by atoms with Crippen molar-refractivity contribution in [1.82, 2.24) is 4.90 Å². The first-order chi connectivity index (χ1) is 36.8. The van der Waals surface area contributed by atoms with Gasteiger partial charge in [0.15, 0.2) is 6.29 Å². The highest BCUT2D eigenvalue weighted by atomic mass is 16.7. The van der Waals surface area contributed by atoms with E-state index in [1.807, 2.05) is 4.90 Å². The maximum Gasteiger partial charge on any atom is 0.226 e. The number of aliphatic hydroxyl groups excluding tert-OH is 1. The van der Waals surface area contributed by atoms with Gasteiger partial charge < -0.3 is 38.4 Å². The summed E-state index contributed by atoms with van der Waals surface area (Å²) in [6, 6.07) is -0.645. The number of amides is 1. The van der Waals surface area contributed by atoms with Crippen molar-refractivity contribution >= 4 is 5.91 Å². The van der Waals surface area contributed by atoms with Gasteiger partial charge in [0.1, 0.15) is 24.4 Å². The summed E-state index contributed by atoms with van der Waals surface area (Å²) in [6.07, 6.45) is 48.3. The number of rotatable bonds is 55. The minimum absolute atomic E-state index is 0.103. The molecule has 2 aliphatic rings. The fourth-order valence-corrected chi connectivity index (χ4v) is 11.5. The van der Waals surface area contributed by atoms with Gasteiger partial charge in [-0.3, -0.25) is 4.79 Å². The zero-order valence-corrected chi connectivity index (χ0v) is 51.3. The van der Waals surface area contributed by atoms with Gasteiger partial charge >= 0.3 is 0 Å². The lowest BCUT2D eigenvalue weighted by atomic mass is 9.81. The Labute approximate surface area is 466 Å². The Balaban J connectivity index is 2.02. The van der Waals surface area contributed by atoms with Crippen LogP contribution in [0.2, 0.25) is 0 Å². The predicted molar refractivity (Wildman–Crippen MR) is 317 cm³/mol. The van der Waals surface area contributed by atoms with Crippen LogP contribution in [0.15, 0.2) is 0 Å². The molecule has 1 amide bonds.